The molecule has 7 N–H and O–H groups in total. The summed E-state index contributed by atoms with van der Waals surface area (Å²) in [5.74, 6) is -6.32. The fourth-order valence-corrected chi connectivity index (χ4v) is 6.38. The Bertz CT molecular complexity index is 1240. The number of primary amides is 1. The number of hydroxylamine groups is 1. The molecule has 5 rings (SSSR count). The Labute approximate surface area is 207 Å². The first-order chi connectivity index (χ1) is 16.9. The smallest absolute Gasteiger partial charge is 0.253 e. The summed E-state index contributed by atoms with van der Waals surface area (Å²) in [6.45, 7) is 4.05. The molecule has 0 aromatic heterocycles. The summed E-state index contributed by atoms with van der Waals surface area (Å²) >= 11 is 0. The number of rotatable bonds is 6. The molecule has 1 unspecified atom stereocenters. The summed E-state index contributed by atoms with van der Waals surface area (Å²) in [5, 5.41) is 44.3. The van der Waals surface area contributed by atoms with Gasteiger partial charge in [-0.1, -0.05) is 6.07 Å². The molecule has 0 saturated carbocycles. The van der Waals surface area contributed by atoms with E-state index in [4.69, 9.17) is 15.3 Å². The number of likely N-dealkylation sites (N-methyl/N-ethyl adjacent to an activating group) is 1. The fraction of sp³-hybridized carbons (Fsp3) is 0.520. The van der Waals surface area contributed by atoms with Crippen molar-refractivity contribution in [2.24, 2.45) is 17.6 Å². The van der Waals surface area contributed by atoms with E-state index in [1.165, 1.54) is 6.07 Å². The number of nitrogens with two attached hydrogens (primary N) is 1. The first kappa shape index (κ1) is 24.7. The van der Waals surface area contributed by atoms with Gasteiger partial charge in [0.1, 0.15) is 22.8 Å². The molecule has 1 amide bonds. The van der Waals surface area contributed by atoms with Crippen molar-refractivity contribution in [2.75, 3.05) is 14.1 Å². The average molecular weight is 502 g/mol. The minimum absolute atomic E-state index is 0.0243. The van der Waals surface area contributed by atoms with Gasteiger partial charge in [-0.3, -0.25) is 19.3 Å². The molecule has 11 heteroatoms. The molecule has 1 aliphatic heterocycles. The summed E-state index contributed by atoms with van der Waals surface area (Å²) < 4.78 is 5.67. The minimum Gasteiger partial charge on any atom is -0.510 e. The highest BCUT2D eigenvalue weighted by molar-refractivity contribution is 6.14. The maximum Gasteiger partial charge on any atom is 0.253 e. The Morgan fingerprint density at radius 2 is 2.00 bits per heavy atom. The summed E-state index contributed by atoms with van der Waals surface area (Å²) in [5.41, 5.74) is 7.51. The van der Waals surface area contributed by atoms with Crippen LogP contribution in [-0.4, -0.2) is 74.6 Å². The van der Waals surface area contributed by atoms with Crippen molar-refractivity contribution in [2.45, 2.75) is 56.8 Å². The zero-order valence-electron chi connectivity index (χ0n) is 20.5. The van der Waals surface area contributed by atoms with Crippen LogP contribution in [0.5, 0.6) is 5.75 Å². The van der Waals surface area contributed by atoms with Crippen molar-refractivity contribution in [1.82, 2.24) is 10.4 Å². The van der Waals surface area contributed by atoms with E-state index in [2.05, 4.69) is 5.48 Å². The number of ketones is 1. The molecule has 1 aromatic carbocycles. The number of amides is 1. The first-order valence-electron chi connectivity index (χ1n) is 11.9. The maximum atomic E-state index is 13.7. The van der Waals surface area contributed by atoms with Crippen LogP contribution in [0.1, 0.15) is 41.8 Å². The van der Waals surface area contributed by atoms with Gasteiger partial charge in [-0.05, 0) is 63.9 Å². The summed E-state index contributed by atoms with van der Waals surface area (Å²) in [6, 6.07) is 2.33. The second-order valence-corrected chi connectivity index (χ2v) is 10.4. The third-order valence-corrected chi connectivity index (χ3v) is 7.80. The van der Waals surface area contributed by atoms with Crippen LogP contribution in [0.2, 0.25) is 0 Å². The molecule has 194 valence electrons. The number of benzene rings is 1. The lowest BCUT2D eigenvalue weighted by molar-refractivity contribution is -0.117. The lowest BCUT2D eigenvalue weighted by atomic mass is 9.60. The number of hydrogen-bond donors (Lipinski definition) is 6. The van der Waals surface area contributed by atoms with E-state index in [0.29, 0.717) is 18.5 Å². The van der Waals surface area contributed by atoms with Crippen LogP contribution < -0.4 is 11.2 Å². The van der Waals surface area contributed by atoms with Crippen LogP contribution in [0, 0.1) is 11.8 Å². The molecular weight excluding hydrogens is 470 g/mol. The number of allylic oxidation sites excluding steroid dienone is 1. The largest absolute Gasteiger partial charge is 0.510 e. The van der Waals surface area contributed by atoms with Gasteiger partial charge >= 0.3 is 0 Å². The van der Waals surface area contributed by atoms with Crippen molar-refractivity contribution >= 4 is 11.7 Å². The van der Waals surface area contributed by atoms with Gasteiger partial charge < -0.3 is 30.9 Å². The van der Waals surface area contributed by atoms with Gasteiger partial charge in [-0.15, -0.1) is 0 Å². The number of carbonyl (C=O) groups excluding carboxylic acids is 2. The summed E-state index contributed by atoms with van der Waals surface area (Å²) in [7, 11) is 3.38. The number of epoxide rings is 1. The number of aliphatic hydroxyl groups excluding tert-OH is 2. The molecule has 1 heterocycles. The average Bonchev–Trinajstić information content (AvgIpc) is 3.40. The monoisotopic (exact) mass is 501 g/mol. The van der Waals surface area contributed by atoms with Crippen LogP contribution >= 0.6 is 0 Å². The molecule has 11 nitrogen and oxygen atoms in total. The van der Waals surface area contributed by atoms with Crippen LogP contribution in [0.3, 0.4) is 0 Å². The van der Waals surface area contributed by atoms with Crippen LogP contribution in [-0.2, 0) is 27.3 Å². The molecule has 1 saturated heterocycles. The van der Waals surface area contributed by atoms with Gasteiger partial charge in [0.05, 0.1) is 17.7 Å². The zero-order valence-corrected chi connectivity index (χ0v) is 20.5. The SMILES string of the molecule is CC(C)ONCc1ccc(O)c2c1C[C@H]1C[C@H]3[C@H](N(C)C)C(O)=C(C(N)=O)C4(O)O[C@]34C(O)=C1C2=O. The molecule has 4 aliphatic rings. The third-order valence-electron chi connectivity index (χ3n) is 7.80. The number of aliphatic hydroxyl groups is 3. The van der Waals surface area contributed by atoms with E-state index in [1.54, 1.807) is 25.1 Å². The topological polar surface area (TPSA) is 178 Å². The predicted octanol–water partition coefficient (Wildman–Crippen LogP) is 0.708. The molecule has 1 aromatic rings. The molecule has 3 aliphatic carbocycles. The Morgan fingerprint density at radius 3 is 2.61 bits per heavy atom. The van der Waals surface area contributed by atoms with E-state index < -0.39 is 58.0 Å². The molecule has 1 spiro atoms. The highest BCUT2D eigenvalue weighted by Crippen LogP contribution is 2.68. The van der Waals surface area contributed by atoms with Gasteiger partial charge in [-0.2, -0.15) is 5.48 Å². The zero-order chi connectivity index (χ0) is 26.3. The number of hydrogen-bond acceptors (Lipinski definition) is 10. The van der Waals surface area contributed by atoms with Crippen molar-refractivity contribution in [3.63, 3.8) is 0 Å². The van der Waals surface area contributed by atoms with Crippen molar-refractivity contribution in [1.29, 1.82) is 0 Å². The van der Waals surface area contributed by atoms with Crippen molar-refractivity contribution < 1.29 is 39.6 Å². The van der Waals surface area contributed by atoms with E-state index in [0.717, 1.165) is 5.56 Å². The second kappa shape index (κ2) is 8.02. The van der Waals surface area contributed by atoms with Gasteiger partial charge in [-0.25, -0.2) is 0 Å². The fourth-order valence-electron chi connectivity index (χ4n) is 6.38. The Kier molecular flexibility index (Phi) is 5.51. The molecule has 5 atom stereocenters. The number of Topliss-reactive ketones (excluding diaryl/α,β-unsaturated/α-hetero) is 1. The second-order valence-electron chi connectivity index (χ2n) is 10.4. The lowest BCUT2D eigenvalue weighted by Gasteiger charge is -2.46. The maximum absolute atomic E-state index is 13.7. The molecule has 36 heavy (non-hydrogen) atoms. The van der Waals surface area contributed by atoms with Crippen molar-refractivity contribution in [3.05, 3.63) is 51.5 Å². The summed E-state index contributed by atoms with van der Waals surface area (Å²) in [6.07, 6.45) is 0.529. The number of aromatic hydroxyl groups is 1. The standard InChI is InChI=1S/C25H31N3O8/c1-10(2)35-27-9-11-5-6-15(29)17-13(11)7-12-8-14-19(28(3)4)21(31)18(23(26)33)25(34)24(14,36-25)22(32)16(12)20(17)30/h5-6,10,12,14,19,27,29,31-32,34H,7-9H2,1-4H3,(H2,26,33)/t12-,14-,19-,24-,25?/m0/s1. The highest BCUT2D eigenvalue weighted by atomic mass is 16.8. The first-order valence-corrected chi connectivity index (χ1v) is 11.9. The number of phenols is 1. The predicted molar refractivity (Wildman–Crippen MR) is 126 cm³/mol. The van der Waals surface area contributed by atoms with Crippen molar-refractivity contribution in [3.8, 4) is 5.75 Å². The highest BCUT2D eigenvalue weighted by Gasteiger charge is 2.84. The number of ether oxygens (including phenoxy) is 1. The Balaban J connectivity index is 1.63. The quantitative estimate of drug-likeness (QED) is 0.240. The number of fused-ring (bicyclic) bond motifs is 2. The van der Waals surface area contributed by atoms with Crippen LogP contribution in [0.15, 0.2) is 34.8 Å². The van der Waals surface area contributed by atoms with Crippen LogP contribution in [0.25, 0.3) is 0 Å². The van der Waals surface area contributed by atoms with E-state index >= 15 is 0 Å². The number of phenolic OH excluding ortho intramolecular Hbond substituents is 1. The van der Waals surface area contributed by atoms with E-state index in [1.807, 2.05) is 13.8 Å². The molecule has 0 bridgehead atoms. The number of nitrogens with one attached hydrogen (secondary N) is 1. The number of carbonyl (C=O) groups is 2. The lowest BCUT2D eigenvalue weighted by Crippen LogP contribution is -2.57. The normalized spacial score (nSPS) is 32.9. The number of nitrogens with zero attached hydrogens (tertiary/aromatic N) is 1. The Hall–Kier alpha value is -2.96. The molecule has 0 radical (unpaired) electrons. The van der Waals surface area contributed by atoms with Gasteiger partial charge in [0.25, 0.3) is 5.91 Å². The van der Waals surface area contributed by atoms with Gasteiger partial charge in [0.15, 0.2) is 11.4 Å². The van der Waals surface area contributed by atoms with E-state index in [9.17, 15) is 30.0 Å². The van der Waals surface area contributed by atoms with E-state index in [-0.39, 0.29) is 29.4 Å². The van der Waals surface area contributed by atoms with Gasteiger partial charge in [0.2, 0.25) is 5.79 Å². The molecular formula is C25H31N3O8. The van der Waals surface area contributed by atoms with Gasteiger partial charge in [0, 0.05) is 18.0 Å². The van der Waals surface area contributed by atoms with Crippen LogP contribution in [0.4, 0.5) is 0 Å². The molecule has 1 fully saturated rings. The summed E-state index contributed by atoms with van der Waals surface area (Å²) in [4.78, 5) is 33.0. The third kappa shape index (κ3) is 3.10. The minimum atomic E-state index is -2.36. The Morgan fingerprint density at radius 1 is 1.31 bits per heavy atom.